The van der Waals surface area contributed by atoms with Crippen LogP contribution in [0.15, 0.2) is 6.07 Å². The summed E-state index contributed by atoms with van der Waals surface area (Å²) in [6, 6.07) is 2.27. The lowest BCUT2D eigenvalue weighted by Crippen LogP contribution is -2.32. The minimum Gasteiger partial charge on any atom is -0.507 e. The van der Waals surface area contributed by atoms with Crippen molar-refractivity contribution in [2.75, 3.05) is 0 Å². The quantitative estimate of drug-likeness (QED) is 0.803. The number of benzene rings is 1. The highest BCUT2D eigenvalue weighted by atomic mass is 16.3. The molecule has 3 N–H and O–H groups in total. The maximum atomic E-state index is 10.3. The third-order valence-corrected chi connectivity index (χ3v) is 4.17. The van der Waals surface area contributed by atoms with Gasteiger partial charge < -0.3 is 10.8 Å². The highest BCUT2D eigenvalue weighted by molar-refractivity contribution is 5.55. The Bertz CT molecular complexity index is 431. The Balaban J connectivity index is 2.62. The summed E-state index contributed by atoms with van der Waals surface area (Å²) >= 11 is 0. The summed E-state index contributed by atoms with van der Waals surface area (Å²) in [7, 11) is 0. The van der Waals surface area contributed by atoms with E-state index in [1.54, 1.807) is 0 Å². The molecule has 0 radical (unpaired) electrons. The van der Waals surface area contributed by atoms with E-state index in [1.807, 2.05) is 20.8 Å². The molecule has 1 fully saturated rings. The van der Waals surface area contributed by atoms with Gasteiger partial charge in [-0.2, -0.15) is 0 Å². The number of hydrogen-bond donors (Lipinski definition) is 2. The van der Waals surface area contributed by atoms with E-state index in [4.69, 9.17) is 5.73 Å². The smallest absolute Gasteiger partial charge is 0.122 e. The fraction of sp³-hybridized carbons (Fsp3) is 0.571. The molecule has 1 aromatic rings. The van der Waals surface area contributed by atoms with Crippen LogP contribution in [0.2, 0.25) is 0 Å². The summed E-state index contributed by atoms with van der Waals surface area (Å²) in [5.74, 6) is 0.465. The zero-order valence-electron chi connectivity index (χ0n) is 10.6. The van der Waals surface area contributed by atoms with Gasteiger partial charge in [-0.3, -0.25) is 0 Å². The van der Waals surface area contributed by atoms with Gasteiger partial charge in [0, 0.05) is 17.0 Å². The zero-order chi connectivity index (χ0) is 12.1. The molecule has 1 aliphatic carbocycles. The number of aromatic hydroxyl groups is 1. The topological polar surface area (TPSA) is 46.2 Å². The summed E-state index contributed by atoms with van der Waals surface area (Å²) < 4.78 is 0. The van der Waals surface area contributed by atoms with Crippen molar-refractivity contribution in [3.05, 3.63) is 28.3 Å². The Labute approximate surface area is 97.5 Å². The SMILES string of the molecule is Cc1cc(C)c(C2(C(C)N)CC2)c(O)c1C. The van der Waals surface area contributed by atoms with Gasteiger partial charge in [0.15, 0.2) is 0 Å². The van der Waals surface area contributed by atoms with E-state index in [0.29, 0.717) is 5.75 Å². The Morgan fingerprint density at radius 3 is 2.25 bits per heavy atom. The largest absolute Gasteiger partial charge is 0.507 e. The molecule has 16 heavy (non-hydrogen) atoms. The Kier molecular flexibility index (Phi) is 2.50. The minimum atomic E-state index is 0.0344. The molecule has 1 atom stereocenters. The predicted molar refractivity (Wildman–Crippen MR) is 66.9 cm³/mol. The molecule has 0 aliphatic heterocycles. The van der Waals surface area contributed by atoms with Gasteiger partial charge >= 0.3 is 0 Å². The molecule has 0 spiro atoms. The van der Waals surface area contributed by atoms with Crippen LogP contribution in [0.5, 0.6) is 5.75 Å². The first kappa shape index (κ1) is 11.5. The standard InChI is InChI=1S/C14H21NO/c1-8-7-9(2)12(13(16)10(8)3)14(5-6-14)11(4)15/h7,11,16H,5-6,15H2,1-4H3. The third kappa shape index (κ3) is 1.44. The van der Waals surface area contributed by atoms with Crippen LogP contribution in [0, 0.1) is 20.8 Å². The predicted octanol–water partition coefficient (Wildman–Crippen LogP) is 2.70. The van der Waals surface area contributed by atoms with Gasteiger partial charge in [0.2, 0.25) is 0 Å². The van der Waals surface area contributed by atoms with E-state index in [2.05, 4.69) is 13.0 Å². The normalized spacial score (nSPS) is 19.6. The number of rotatable bonds is 2. The van der Waals surface area contributed by atoms with E-state index in [1.165, 1.54) is 5.56 Å². The van der Waals surface area contributed by atoms with Crippen molar-refractivity contribution < 1.29 is 5.11 Å². The molecule has 0 bridgehead atoms. The van der Waals surface area contributed by atoms with Gasteiger partial charge in [0.1, 0.15) is 5.75 Å². The molecule has 1 unspecified atom stereocenters. The van der Waals surface area contributed by atoms with Gasteiger partial charge in [0.05, 0.1) is 0 Å². The Morgan fingerprint density at radius 1 is 1.25 bits per heavy atom. The lowest BCUT2D eigenvalue weighted by Gasteiger charge is -2.25. The molecular formula is C14H21NO. The first-order chi connectivity index (χ1) is 7.40. The van der Waals surface area contributed by atoms with Crippen LogP contribution in [-0.4, -0.2) is 11.1 Å². The van der Waals surface area contributed by atoms with E-state index in [-0.39, 0.29) is 11.5 Å². The first-order valence-corrected chi connectivity index (χ1v) is 5.96. The van der Waals surface area contributed by atoms with Crippen molar-refractivity contribution in [3.8, 4) is 5.75 Å². The van der Waals surface area contributed by atoms with Crippen molar-refractivity contribution in [1.82, 2.24) is 0 Å². The van der Waals surface area contributed by atoms with Crippen LogP contribution < -0.4 is 5.73 Å². The van der Waals surface area contributed by atoms with Crippen molar-refractivity contribution >= 4 is 0 Å². The molecule has 1 aromatic carbocycles. The summed E-state index contributed by atoms with van der Waals surface area (Å²) in [6.45, 7) is 8.13. The lowest BCUT2D eigenvalue weighted by molar-refractivity contribution is 0.441. The van der Waals surface area contributed by atoms with Gasteiger partial charge in [-0.25, -0.2) is 0 Å². The Hall–Kier alpha value is -1.02. The molecule has 2 heteroatoms. The molecule has 1 saturated carbocycles. The first-order valence-electron chi connectivity index (χ1n) is 5.96. The van der Waals surface area contributed by atoms with Gasteiger partial charge in [-0.1, -0.05) is 6.07 Å². The van der Waals surface area contributed by atoms with E-state index in [9.17, 15) is 5.11 Å². The van der Waals surface area contributed by atoms with Crippen LogP contribution in [0.3, 0.4) is 0 Å². The van der Waals surface area contributed by atoms with Crippen molar-refractivity contribution in [2.45, 2.75) is 52.0 Å². The monoisotopic (exact) mass is 219 g/mol. The molecule has 2 rings (SSSR count). The van der Waals surface area contributed by atoms with Gasteiger partial charge in [-0.15, -0.1) is 0 Å². The average molecular weight is 219 g/mol. The van der Waals surface area contributed by atoms with E-state index < -0.39 is 0 Å². The highest BCUT2D eigenvalue weighted by Gasteiger charge is 2.50. The maximum Gasteiger partial charge on any atom is 0.122 e. The van der Waals surface area contributed by atoms with E-state index in [0.717, 1.165) is 29.5 Å². The Morgan fingerprint density at radius 2 is 1.81 bits per heavy atom. The third-order valence-electron chi connectivity index (χ3n) is 4.17. The second kappa shape index (κ2) is 3.49. The molecular weight excluding hydrogens is 198 g/mol. The number of aryl methyl sites for hydroxylation is 2. The number of hydrogen-bond acceptors (Lipinski definition) is 2. The fourth-order valence-corrected chi connectivity index (χ4v) is 2.76. The fourth-order valence-electron chi connectivity index (χ4n) is 2.76. The second-order valence-electron chi connectivity index (χ2n) is 5.30. The number of nitrogens with two attached hydrogens (primary N) is 1. The minimum absolute atomic E-state index is 0.0344. The molecule has 1 aliphatic rings. The van der Waals surface area contributed by atoms with Gasteiger partial charge in [-0.05, 0) is 57.2 Å². The summed E-state index contributed by atoms with van der Waals surface area (Å²) in [5, 5.41) is 10.3. The molecule has 2 nitrogen and oxygen atoms in total. The van der Waals surface area contributed by atoms with Crippen LogP contribution in [0.25, 0.3) is 0 Å². The van der Waals surface area contributed by atoms with Crippen LogP contribution in [0.4, 0.5) is 0 Å². The summed E-state index contributed by atoms with van der Waals surface area (Å²) in [4.78, 5) is 0. The molecule has 0 amide bonds. The maximum absolute atomic E-state index is 10.3. The van der Waals surface area contributed by atoms with Crippen molar-refractivity contribution in [3.63, 3.8) is 0 Å². The van der Waals surface area contributed by atoms with E-state index >= 15 is 0 Å². The molecule has 88 valence electrons. The molecule has 0 aromatic heterocycles. The van der Waals surface area contributed by atoms with Crippen molar-refractivity contribution in [1.29, 1.82) is 0 Å². The number of phenolic OH excluding ortho intramolecular Hbond substituents is 1. The van der Waals surface area contributed by atoms with Crippen LogP contribution in [-0.2, 0) is 5.41 Å². The summed E-state index contributed by atoms with van der Waals surface area (Å²) in [5.41, 5.74) is 10.5. The lowest BCUT2D eigenvalue weighted by atomic mass is 9.83. The highest BCUT2D eigenvalue weighted by Crippen LogP contribution is 2.54. The van der Waals surface area contributed by atoms with Crippen molar-refractivity contribution in [2.24, 2.45) is 5.73 Å². The zero-order valence-corrected chi connectivity index (χ0v) is 10.6. The van der Waals surface area contributed by atoms with Crippen LogP contribution in [0.1, 0.15) is 42.0 Å². The molecule has 0 saturated heterocycles. The van der Waals surface area contributed by atoms with Gasteiger partial charge in [0.25, 0.3) is 0 Å². The van der Waals surface area contributed by atoms with Crippen LogP contribution >= 0.6 is 0 Å². The number of phenols is 1. The summed E-state index contributed by atoms with van der Waals surface area (Å²) in [6.07, 6.45) is 2.20. The average Bonchev–Trinajstić information content (AvgIpc) is 2.96. The molecule has 0 heterocycles. The second-order valence-corrected chi connectivity index (χ2v) is 5.30.